The number of nitrogens with zero attached hydrogens (tertiary/aromatic N) is 1. The molecule has 5 heteroatoms. The van der Waals surface area contributed by atoms with E-state index in [1.165, 1.54) is 0 Å². The Morgan fingerprint density at radius 1 is 1.24 bits per heavy atom. The van der Waals surface area contributed by atoms with Crippen LogP contribution in [0.4, 0.5) is 0 Å². The molecule has 0 radical (unpaired) electrons. The Morgan fingerprint density at radius 2 is 1.86 bits per heavy atom. The Labute approximate surface area is 126 Å². The number of rotatable bonds is 8. The standard InChI is InChI=1S/C16H25N3O2/c1-3-12(2)15(18)16(21)19(10-9-14(17)20)11-13-7-5-4-6-8-13/h4-8,12,15H,3,9-11,18H2,1-2H3,(H2,17,20). The third kappa shape index (κ3) is 5.55. The van der Waals surface area contributed by atoms with Crippen molar-refractivity contribution in [3.63, 3.8) is 0 Å². The molecule has 0 saturated heterocycles. The molecule has 116 valence electrons. The fourth-order valence-corrected chi connectivity index (χ4v) is 2.02. The summed E-state index contributed by atoms with van der Waals surface area (Å²) >= 11 is 0. The van der Waals surface area contributed by atoms with Gasteiger partial charge >= 0.3 is 0 Å². The van der Waals surface area contributed by atoms with Crippen molar-refractivity contribution in [2.75, 3.05) is 6.54 Å². The maximum absolute atomic E-state index is 12.5. The van der Waals surface area contributed by atoms with Gasteiger partial charge in [0.05, 0.1) is 6.04 Å². The van der Waals surface area contributed by atoms with Gasteiger partial charge in [-0.1, -0.05) is 50.6 Å². The SMILES string of the molecule is CCC(C)C(N)C(=O)N(CCC(N)=O)Cc1ccccc1. The summed E-state index contributed by atoms with van der Waals surface area (Å²) in [4.78, 5) is 25.1. The molecule has 0 bridgehead atoms. The van der Waals surface area contributed by atoms with E-state index in [2.05, 4.69) is 0 Å². The topological polar surface area (TPSA) is 89.4 Å². The predicted octanol–water partition coefficient (Wildman–Crippen LogP) is 1.26. The van der Waals surface area contributed by atoms with E-state index in [-0.39, 0.29) is 18.2 Å². The van der Waals surface area contributed by atoms with Crippen molar-refractivity contribution in [1.82, 2.24) is 4.90 Å². The molecule has 0 aliphatic heterocycles. The van der Waals surface area contributed by atoms with Gasteiger partial charge in [-0.3, -0.25) is 9.59 Å². The number of primary amides is 1. The van der Waals surface area contributed by atoms with Crippen LogP contribution in [0, 0.1) is 5.92 Å². The van der Waals surface area contributed by atoms with Crippen LogP contribution in [0.25, 0.3) is 0 Å². The second-order valence-corrected chi connectivity index (χ2v) is 5.37. The molecule has 0 saturated carbocycles. The summed E-state index contributed by atoms with van der Waals surface area (Å²) in [6.45, 7) is 4.70. The Morgan fingerprint density at radius 3 is 2.38 bits per heavy atom. The van der Waals surface area contributed by atoms with Gasteiger partial charge in [-0.2, -0.15) is 0 Å². The van der Waals surface area contributed by atoms with Gasteiger partial charge < -0.3 is 16.4 Å². The number of hydrogen-bond acceptors (Lipinski definition) is 3. The van der Waals surface area contributed by atoms with Crippen LogP contribution < -0.4 is 11.5 Å². The quantitative estimate of drug-likeness (QED) is 0.755. The van der Waals surface area contributed by atoms with E-state index in [1.54, 1.807) is 4.90 Å². The summed E-state index contributed by atoms with van der Waals surface area (Å²) in [5.74, 6) is -0.447. The maximum atomic E-state index is 12.5. The normalized spacial score (nSPS) is 13.5. The van der Waals surface area contributed by atoms with Crippen molar-refractivity contribution in [1.29, 1.82) is 0 Å². The molecule has 2 atom stereocenters. The van der Waals surface area contributed by atoms with Gasteiger partial charge in [-0.25, -0.2) is 0 Å². The van der Waals surface area contributed by atoms with Crippen LogP contribution in [0.2, 0.25) is 0 Å². The largest absolute Gasteiger partial charge is 0.370 e. The zero-order valence-electron chi connectivity index (χ0n) is 12.8. The summed E-state index contributed by atoms with van der Waals surface area (Å²) in [5, 5.41) is 0. The Hall–Kier alpha value is -1.88. The minimum absolute atomic E-state index is 0.101. The van der Waals surface area contributed by atoms with Gasteiger partial charge in [0.25, 0.3) is 0 Å². The summed E-state index contributed by atoms with van der Waals surface area (Å²) in [7, 11) is 0. The molecule has 1 rings (SSSR count). The van der Waals surface area contributed by atoms with Crippen molar-refractivity contribution < 1.29 is 9.59 Å². The van der Waals surface area contributed by atoms with Crippen molar-refractivity contribution in [2.24, 2.45) is 17.4 Å². The lowest BCUT2D eigenvalue weighted by molar-refractivity contribution is -0.134. The number of carbonyl (C=O) groups is 2. The molecule has 4 N–H and O–H groups in total. The fraction of sp³-hybridized carbons (Fsp3) is 0.500. The molecular weight excluding hydrogens is 266 g/mol. The van der Waals surface area contributed by atoms with Gasteiger partial charge in [0.15, 0.2) is 0 Å². The fourth-order valence-electron chi connectivity index (χ4n) is 2.02. The molecule has 2 unspecified atom stereocenters. The van der Waals surface area contributed by atoms with Crippen molar-refractivity contribution in [2.45, 2.75) is 39.3 Å². The predicted molar refractivity (Wildman–Crippen MR) is 83.1 cm³/mol. The summed E-state index contributed by atoms with van der Waals surface area (Å²) in [5.41, 5.74) is 12.2. The van der Waals surface area contributed by atoms with Crippen LogP contribution >= 0.6 is 0 Å². The average molecular weight is 291 g/mol. The monoisotopic (exact) mass is 291 g/mol. The molecule has 5 nitrogen and oxygen atoms in total. The number of carbonyl (C=O) groups excluding carboxylic acids is 2. The highest BCUT2D eigenvalue weighted by molar-refractivity contribution is 5.82. The number of amides is 2. The van der Waals surface area contributed by atoms with Gasteiger partial charge in [0.2, 0.25) is 11.8 Å². The maximum Gasteiger partial charge on any atom is 0.240 e. The van der Waals surface area contributed by atoms with E-state index in [0.717, 1.165) is 12.0 Å². The summed E-state index contributed by atoms with van der Waals surface area (Å²) in [6.07, 6.45) is 0.980. The summed E-state index contributed by atoms with van der Waals surface area (Å²) in [6, 6.07) is 9.09. The second-order valence-electron chi connectivity index (χ2n) is 5.37. The molecule has 0 aliphatic rings. The van der Waals surface area contributed by atoms with E-state index in [0.29, 0.717) is 13.1 Å². The van der Waals surface area contributed by atoms with Crippen LogP contribution in [0.15, 0.2) is 30.3 Å². The zero-order valence-corrected chi connectivity index (χ0v) is 12.8. The molecule has 0 heterocycles. The van der Waals surface area contributed by atoms with Gasteiger partial charge in [0, 0.05) is 19.5 Å². The van der Waals surface area contributed by atoms with E-state index in [4.69, 9.17) is 11.5 Å². The van der Waals surface area contributed by atoms with Crippen LogP contribution in [0.5, 0.6) is 0 Å². The molecule has 2 amide bonds. The van der Waals surface area contributed by atoms with Crippen molar-refractivity contribution in [3.05, 3.63) is 35.9 Å². The van der Waals surface area contributed by atoms with E-state index in [9.17, 15) is 9.59 Å². The molecule has 0 fully saturated rings. The van der Waals surface area contributed by atoms with Crippen LogP contribution in [-0.4, -0.2) is 29.3 Å². The Balaban J connectivity index is 2.80. The number of hydrogen-bond donors (Lipinski definition) is 2. The van der Waals surface area contributed by atoms with E-state index < -0.39 is 11.9 Å². The minimum Gasteiger partial charge on any atom is -0.370 e. The van der Waals surface area contributed by atoms with E-state index in [1.807, 2.05) is 44.2 Å². The summed E-state index contributed by atoms with van der Waals surface area (Å²) < 4.78 is 0. The van der Waals surface area contributed by atoms with Crippen LogP contribution in [-0.2, 0) is 16.1 Å². The first-order valence-electron chi connectivity index (χ1n) is 7.32. The number of benzene rings is 1. The van der Waals surface area contributed by atoms with Crippen molar-refractivity contribution in [3.8, 4) is 0 Å². The van der Waals surface area contributed by atoms with Gasteiger partial charge in [-0.15, -0.1) is 0 Å². The third-order valence-electron chi connectivity index (χ3n) is 3.70. The van der Waals surface area contributed by atoms with Crippen LogP contribution in [0.1, 0.15) is 32.3 Å². The molecule has 1 aromatic rings. The zero-order chi connectivity index (χ0) is 15.8. The lowest BCUT2D eigenvalue weighted by Gasteiger charge is -2.28. The molecule has 1 aromatic carbocycles. The molecule has 0 spiro atoms. The Bertz CT molecular complexity index is 462. The minimum atomic E-state index is -0.549. The van der Waals surface area contributed by atoms with Crippen LogP contribution in [0.3, 0.4) is 0 Å². The van der Waals surface area contributed by atoms with Gasteiger partial charge in [-0.05, 0) is 11.5 Å². The Kier molecular flexibility index (Phi) is 6.88. The van der Waals surface area contributed by atoms with Gasteiger partial charge in [0.1, 0.15) is 0 Å². The second kappa shape index (κ2) is 8.42. The molecular formula is C16H25N3O2. The van der Waals surface area contributed by atoms with Crippen molar-refractivity contribution >= 4 is 11.8 Å². The molecule has 0 aliphatic carbocycles. The lowest BCUT2D eigenvalue weighted by atomic mass is 9.98. The first kappa shape index (κ1) is 17.2. The van der Waals surface area contributed by atoms with E-state index >= 15 is 0 Å². The average Bonchev–Trinajstić information content (AvgIpc) is 2.50. The first-order chi connectivity index (χ1) is 9.95. The highest BCUT2D eigenvalue weighted by Crippen LogP contribution is 2.12. The highest BCUT2D eigenvalue weighted by Gasteiger charge is 2.25. The number of nitrogens with two attached hydrogens (primary N) is 2. The highest BCUT2D eigenvalue weighted by atomic mass is 16.2. The lowest BCUT2D eigenvalue weighted by Crippen LogP contribution is -2.47. The first-order valence-corrected chi connectivity index (χ1v) is 7.32. The smallest absolute Gasteiger partial charge is 0.240 e. The molecule has 0 aromatic heterocycles. The third-order valence-corrected chi connectivity index (χ3v) is 3.70. The molecule has 21 heavy (non-hydrogen) atoms.